The Labute approximate surface area is 231 Å². The molecular formula is C24H30F3N3O6S3. The number of nitrogens with zero attached hydrogens (tertiary/aromatic N) is 3. The third kappa shape index (κ3) is 6.09. The number of sulfonamides is 2. The maximum absolute atomic E-state index is 13.5. The van der Waals surface area contributed by atoms with Crippen molar-refractivity contribution in [3.05, 3.63) is 54.1 Å². The smallest absolute Gasteiger partial charge is 0.378 e. The van der Waals surface area contributed by atoms with E-state index in [9.17, 15) is 35.1 Å². The number of thiol groups is 1. The number of alkyl halides is 3. The van der Waals surface area contributed by atoms with Gasteiger partial charge in [-0.05, 0) is 36.8 Å². The number of ether oxygens (including phenoxy) is 1. The molecule has 0 amide bonds. The van der Waals surface area contributed by atoms with Crippen molar-refractivity contribution >= 4 is 38.4 Å². The van der Waals surface area contributed by atoms with Crippen molar-refractivity contribution < 1.29 is 39.9 Å². The van der Waals surface area contributed by atoms with Crippen molar-refractivity contribution in [3.63, 3.8) is 0 Å². The summed E-state index contributed by atoms with van der Waals surface area (Å²) in [4.78, 5) is 2.07. The molecule has 9 nitrogen and oxygen atoms in total. The predicted molar refractivity (Wildman–Crippen MR) is 142 cm³/mol. The van der Waals surface area contributed by atoms with Crippen LogP contribution in [-0.4, -0.2) is 94.5 Å². The molecule has 15 heteroatoms. The minimum atomic E-state index is -4.89. The van der Waals surface area contributed by atoms with Crippen molar-refractivity contribution in [3.8, 4) is 0 Å². The van der Waals surface area contributed by atoms with Gasteiger partial charge in [-0.25, -0.2) is 16.8 Å². The summed E-state index contributed by atoms with van der Waals surface area (Å²) in [5.41, 5.74) is -2.95. The normalized spacial score (nSPS) is 21.5. The van der Waals surface area contributed by atoms with E-state index in [1.54, 1.807) is 23.1 Å². The van der Waals surface area contributed by atoms with Crippen molar-refractivity contribution in [1.82, 2.24) is 8.61 Å². The summed E-state index contributed by atoms with van der Waals surface area (Å²) in [7, 11) is -7.67. The highest BCUT2D eigenvalue weighted by Crippen LogP contribution is 2.39. The number of aliphatic hydroxyl groups is 1. The standard InChI is InChI=1S/C24H30F3N3O6S3/c1-23(31,24(25,26)27)17-7-9-18(10-8-17)29-12-11-28(39(34,35)22-6-4-3-5-21(22)37)13-19(29)14-30(38(2,32)33)20-15-36-16-20/h3-10,19-20,31,37H,11-16H2,1-2H3/t19-,23?/m1/s1. The maximum Gasteiger partial charge on any atom is 0.421 e. The first-order valence-corrected chi connectivity index (χ1v) is 15.8. The lowest BCUT2D eigenvalue weighted by Crippen LogP contribution is -2.61. The summed E-state index contributed by atoms with van der Waals surface area (Å²) in [6.07, 6.45) is -3.82. The van der Waals surface area contributed by atoms with Gasteiger partial charge in [0.15, 0.2) is 5.60 Å². The monoisotopic (exact) mass is 609 g/mol. The van der Waals surface area contributed by atoms with Crippen molar-refractivity contribution in [1.29, 1.82) is 0 Å². The second-order valence-electron chi connectivity index (χ2n) is 9.82. The number of anilines is 1. The van der Waals surface area contributed by atoms with Crippen LogP contribution in [0.25, 0.3) is 0 Å². The highest BCUT2D eigenvalue weighted by atomic mass is 32.2. The Kier molecular flexibility index (Phi) is 8.36. The van der Waals surface area contributed by atoms with E-state index >= 15 is 0 Å². The molecule has 0 aliphatic carbocycles. The third-order valence-corrected chi connectivity index (χ3v) is 10.8. The largest absolute Gasteiger partial charge is 0.421 e. The average molecular weight is 610 g/mol. The van der Waals surface area contributed by atoms with Crippen LogP contribution >= 0.6 is 12.6 Å². The molecule has 1 unspecified atom stereocenters. The first-order valence-electron chi connectivity index (χ1n) is 12.0. The molecule has 0 spiro atoms. The maximum atomic E-state index is 13.5. The first-order chi connectivity index (χ1) is 18.0. The average Bonchev–Trinajstić information content (AvgIpc) is 2.81. The van der Waals surface area contributed by atoms with Gasteiger partial charge in [0.05, 0.1) is 36.4 Å². The predicted octanol–water partition coefficient (Wildman–Crippen LogP) is 2.29. The SMILES string of the molecule is CC(O)(c1ccc(N2CCN(S(=O)(=O)c3ccccc3S)C[C@@H]2CN(C2COC2)S(C)(=O)=O)cc1)C(F)(F)F. The summed E-state index contributed by atoms with van der Waals surface area (Å²) in [6, 6.07) is 10.3. The van der Waals surface area contributed by atoms with Gasteiger partial charge in [-0.3, -0.25) is 0 Å². The second kappa shape index (κ2) is 10.8. The van der Waals surface area contributed by atoms with E-state index in [4.69, 9.17) is 4.74 Å². The number of rotatable bonds is 8. The lowest BCUT2D eigenvalue weighted by molar-refractivity contribution is -0.258. The lowest BCUT2D eigenvalue weighted by Gasteiger charge is -2.45. The fraction of sp³-hybridized carbons (Fsp3) is 0.500. The minimum absolute atomic E-state index is 0.0200. The van der Waals surface area contributed by atoms with Crippen molar-refractivity contribution in [2.45, 2.75) is 40.6 Å². The molecule has 216 valence electrons. The van der Waals surface area contributed by atoms with Gasteiger partial charge >= 0.3 is 6.18 Å². The van der Waals surface area contributed by atoms with Crippen LogP contribution in [-0.2, 0) is 30.4 Å². The quantitative estimate of drug-likeness (QED) is 0.443. The van der Waals surface area contributed by atoms with Crippen molar-refractivity contribution in [2.24, 2.45) is 0 Å². The molecule has 2 heterocycles. The Morgan fingerprint density at radius 2 is 1.67 bits per heavy atom. The van der Waals surface area contributed by atoms with Crippen LogP contribution in [0.3, 0.4) is 0 Å². The van der Waals surface area contributed by atoms with E-state index in [0.717, 1.165) is 18.4 Å². The number of piperazine rings is 1. The zero-order valence-electron chi connectivity index (χ0n) is 21.2. The van der Waals surface area contributed by atoms with Crippen molar-refractivity contribution in [2.75, 3.05) is 50.5 Å². The fourth-order valence-corrected chi connectivity index (χ4v) is 7.81. The number of halogens is 3. The highest BCUT2D eigenvalue weighted by molar-refractivity contribution is 7.90. The zero-order chi connectivity index (χ0) is 28.8. The summed E-state index contributed by atoms with van der Waals surface area (Å²) < 4.78 is 100. The van der Waals surface area contributed by atoms with E-state index in [0.29, 0.717) is 12.6 Å². The molecule has 2 aromatic rings. The van der Waals surface area contributed by atoms with Gasteiger partial charge in [-0.2, -0.15) is 21.8 Å². The van der Waals surface area contributed by atoms with Crippen LogP contribution in [0, 0.1) is 0 Å². The fourth-order valence-electron chi connectivity index (χ4n) is 4.65. The molecule has 2 aliphatic rings. The Bertz CT molecular complexity index is 1400. The summed E-state index contributed by atoms with van der Waals surface area (Å²) >= 11 is 4.28. The molecule has 39 heavy (non-hydrogen) atoms. The Morgan fingerprint density at radius 1 is 1.05 bits per heavy atom. The lowest BCUT2D eigenvalue weighted by atomic mass is 9.95. The van der Waals surface area contributed by atoms with Gasteiger partial charge in [0, 0.05) is 36.8 Å². The molecule has 4 rings (SSSR count). The third-order valence-electron chi connectivity index (χ3n) is 7.09. The van der Waals surface area contributed by atoms with Crippen LogP contribution in [0.5, 0.6) is 0 Å². The molecule has 2 fully saturated rings. The molecule has 2 aromatic carbocycles. The van der Waals surface area contributed by atoms with Gasteiger partial charge in [0.2, 0.25) is 20.0 Å². The number of hydrogen-bond acceptors (Lipinski definition) is 8. The molecule has 0 aromatic heterocycles. The second-order valence-corrected chi connectivity index (χ2v) is 14.1. The van der Waals surface area contributed by atoms with Gasteiger partial charge in [-0.15, -0.1) is 12.6 Å². The molecule has 0 saturated carbocycles. The zero-order valence-corrected chi connectivity index (χ0v) is 23.8. The topological polar surface area (TPSA) is 107 Å². The van der Waals surface area contributed by atoms with Crippen LogP contribution in [0.15, 0.2) is 58.3 Å². The summed E-state index contributed by atoms with van der Waals surface area (Å²) in [6.45, 7) is 1.13. The van der Waals surface area contributed by atoms with Gasteiger partial charge < -0.3 is 14.7 Å². The van der Waals surface area contributed by atoms with Gasteiger partial charge in [0.25, 0.3) is 0 Å². The Hall–Kier alpha value is -1.88. The van der Waals surface area contributed by atoms with E-state index in [1.807, 2.05) is 0 Å². The molecule has 0 bridgehead atoms. The van der Waals surface area contributed by atoms with Crippen LogP contribution in [0.4, 0.5) is 18.9 Å². The first kappa shape index (κ1) is 30.1. The number of benzene rings is 2. The highest BCUT2D eigenvalue weighted by Gasteiger charge is 2.51. The molecule has 2 aliphatic heterocycles. The Balaban J connectivity index is 1.68. The van der Waals surface area contributed by atoms with Crippen LogP contribution in [0.2, 0.25) is 0 Å². The van der Waals surface area contributed by atoms with Crippen LogP contribution in [0.1, 0.15) is 12.5 Å². The molecular weight excluding hydrogens is 579 g/mol. The Morgan fingerprint density at radius 3 is 2.18 bits per heavy atom. The molecule has 2 atom stereocenters. The minimum Gasteiger partial charge on any atom is -0.378 e. The van der Waals surface area contributed by atoms with E-state index in [-0.39, 0.29) is 54.7 Å². The number of hydrogen-bond donors (Lipinski definition) is 2. The summed E-state index contributed by atoms with van der Waals surface area (Å²) in [5, 5.41) is 10.0. The van der Waals surface area contributed by atoms with E-state index < -0.39 is 43.9 Å². The molecule has 0 radical (unpaired) electrons. The van der Waals surface area contributed by atoms with Gasteiger partial charge in [0.1, 0.15) is 0 Å². The van der Waals surface area contributed by atoms with E-state index in [1.165, 1.54) is 26.8 Å². The van der Waals surface area contributed by atoms with Crippen LogP contribution < -0.4 is 4.90 Å². The van der Waals surface area contributed by atoms with E-state index in [2.05, 4.69) is 12.6 Å². The molecule has 1 N–H and O–H groups in total. The molecule has 2 saturated heterocycles. The van der Waals surface area contributed by atoms with Gasteiger partial charge in [-0.1, -0.05) is 24.3 Å². The summed E-state index contributed by atoms with van der Waals surface area (Å²) in [5.74, 6) is 0.